The normalized spacial score (nSPS) is 15.7. The molecule has 1 aromatic rings. The van der Waals surface area contributed by atoms with Gasteiger partial charge < -0.3 is 15.2 Å². The molecule has 2 rings (SSSR count). The second kappa shape index (κ2) is 6.63. The van der Waals surface area contributed by atoms with Crippen LogP contribution in [0, 0.1) is 0 Å². The van der Waals surface area contributed by atoms with Gasteiger partial charge in [-0.3, -0.25) is 4.79 Å². The molecule has 112 valence electrons. The molecule has 0 radical (unpaired) electrons. The maximum atomic E-state index is 11.9. The molecule has 21 heavy (non-hydrogen) atoms. The van der Waals surface area contributed by atoms with E-state index in [0.29, 0.717) is 16.3 Å². The lowest BCUT2D eigenvalue weighted by atomic mass is 10.2. The number of aliphatic carboxylic acids is 1. The number of carboxylic acid groups (broad SMARTS) is 1. The first-order valence-electron chi connectivity index (χ1n) is 6.64. The number of hydrogen-bond acceptors (Lipinski definition) is 3. The van der Waals surface area contributed by atoms with Gasteiger partial charge in [0.2, 0.25) is 0 Å². The number of hydrogen-bond donors (Lipinski definition) is 2. The highest BCUT2D eigenvalue weighted by Gasteiger charge is 2.26. The van der Waals surface area contributed by atoms with E-state index in [4.69, 9.17) is 21.4 Å². The van der Waals surface area contributed by atoms with Crippen LogP contribution >= 0.6 is 11.6 Å². The van der Waals surface area contributed by atoms with Gasteiger partial charge in [0.25, 0.3) is 5.91 Å². The van der Waals surface area contributed by atoms with Gasteiger partial charge in [0, 0.05) is 17.7 Å². The molecule has 0 heterocycles. The summed E-state index contributed by atoms with van der Waals surface area (Å²) in [5.74, 6) is -0.899. The highest BCUT2D eigenvalue weighted by Crippen LogP contribution is 2.29. The van der Waals surface area contributed by atoms with E-state index in [9.17, 15) is 9.59 Å². The third-order valence-electron chi connectivity index (χ3n) is 3.00. The summed E-state index contributed by atoms with van der Waals surface area (Å²) in [5, 5.41) is 11.9. The molecule has 6 heteroatoms. The molecule has 5 nitrogen and oxygen atoms in total. The number of amides is 1. The van der Waals surface area contributed by atoms with Gasteiger partial charge in [0.05, 0.1) is 5.02 Å². The molecular weight excluding hydrogens is 294 g/mol. The quantitative estimate of drug-likeness (QED) is 0.792. The second-order valence-electron chi connectivity index (χ2n) is 4.87. The van der Waals surface area contributed by atoms with Gasteiger partial charge in [-0.15, -0.1) is 0 Å². The van der Waals surface area contributed by atoms with Crippen molar-refractivity contribution in [2.75, 3.05) is 0 Å². The molecule has 1 aliphatic carbocycles. The number of halogens is 1. The fourth-order valence-electron chi connectivity index (χ4n) is 1.73. The van der Waals surface area contributed by atoms with Crippen molar-refractivity contribution >= 4 is 29.6 Å². The number of carbonyl (C=O) groups excluding carboxylic acids is 1. The summed E-state index contributed by atoms with van der Waals surface area (Å²) >= 11 is 6.05. The predicted molar refractivity (Wildman–Crippen MR) is 79.4 cm³/mol. The highest BCUT2D eigenvalue weighted by atomic mass is 35.5. The van der Waals surface area contributed by atoms with Gasteiger partial charge in [0.15, 0.2) is 6.10 Å². The molecule has 1 amide bonds. The number of carbonyl (C=O) groups is 2. The third-order valence-corrected chi connectivity index (χ3v) is 3.33. The molecule has 0 aromatic heterocycles. The first-order valence-corrected chi connectivity index (χ1v) is 7.01. The van der Waals surface area contributed by atoms with Crippen LogP contribution in [0.4, 0.5) is 0 Å². The van der Waals surface area contributed by atoms with E-state index in [1.807, 2.05) is 0 Å². The SMILES string of the molecule is CC(Oc1cccc(Cl)c1/C=C/C(=O)O)C(=O)NC1CC1. The average Bonchev–Trinajstić information content (AvgIpc) is 3.21. The Morgan fingerprint density at radius 2 is 2.19 bits per heavy atom. The van der Waals surface area contributed by atoms with Gasteiger partial charge in [0.1, 0.15) is 5.75 Å². The van der Waals surface area contributed by atoms with Crippen molar-refractivity contribution in [2.45, 2.75) is 31.9 Å². The van der Waals surface area contributed by atoms with E-state index < -0.39 is 12.1 Å². The lowest BCUT2D eigenvalue weighted by molar-refractivity contribution is -0.131. The summed E-state index contributed by atoms with van der Waals surface area (Å²) in [5.41, 5.74) is 0.438. The van der Waals surface area contributed by atoms with Crippen LogP contribution in [0.3, 0.4) is 0 Å². The third kappa shape index (κ3) is 4.49. The molecule has 0 saturated heterocycles. The van der Waals surface area contributed by atoms with Gasteiger partial charge in [-0.05, 0) is 38.0 Å². The number of rotatable bonds is 6. The Hall–Kier alpha value is -2.01. The van der Waals surface area contributed by atoms with E-state index in [2.05, 4.69) is 5.32 Å². The zero-order valence-electron chi connectivity index (χ0n) is 11.5. The standard InChI is InChI=1S/C15H16ClNO4/c1-9(15(20)17-10-5-6-10)21-13-4-2-3-12(16)11(13)7-8-14(18)19/h2-4,7-10H,5-6H2,1H3,(H,17,20)(H,18,19)/b8-7+. The van der Waals surface area contributed by atoms with Crippen molar-refractivity contribution in [2.24, 2.45) is 0 Å². The Morgan fingerprint density at radius 3 is 2.81 bits per heavy atom. The van der Waals surface area contributed by atoms with Crippen molar-refractivity contribution in [3.63, 3.8) is 0 Å². The fraction of sp³-hybridized carbons (Fsp3) is 0.333. The Labute approximate surface area is 127 Å². The van der Waals surface area contributed by atoms with E-state index in [-0.39, 0.29) is 11.9 Å². The molecule has 0 bridgehead atoms. The van der Waals surface area contributed by atoms with Crippen LogP contribution in [0.1, 0.15) is 25.3 Å². The molecule has 1 saturated carbocycles. The Morgan fingerprint density at radius 1 is 1.48 bits per heavy atom. The van der Waals surface area contributed by atoms with Crippen LogP contribution in [-0.4, -0.2) is 29.1 Å². The number of carboxylic acids is 1. The molecule has 1 aliphatic rings. The molecule has 1 atom stereocenters. The first-order chi connectivity index (χ1) is 9.97. The first kappa shape index (κ1) is 15.4. The number of ether oxygens (including phenoxy) is 1. The van der Waals surface area contributed by atoms with Crippen molar-refractivity contribution in [1.82, 2.24) is 5.32 Å². The van der Waals surface area contributed by atoms with Gasteiger partial charge in [-0.25, -0.2) is 4.79 Å². The van der Waals surface area contributed by atoms with Crippen LogP contribution in [0.2, 0.25) is 5.02 Å². The van der Waals surface area contributed by atoms with Gasteiger partial charge in [-0.2, -0.15) is 0 Å². The summed E-state index contributed by atoms with van der Waals surface area (Å²) < 4.78 is 5.61. The fourth-order valence-corrected chi connectivity index (χ4v) is 1.96. The maximum absolute atomic E-state index is 11.9. The minimum Gasteiger partial charge on any atom is -0.480 e. The van der Waals surface area contributed by atoms with Crippen LogP contribution in [0.15, 0.2) is 24.3 Å². The monoisotopic (exact) mass is 309 g/mol. The van der Waals surface area contributed by atoms with Crippen molar-refractivity contribution in [1.29, 1.82) is 0 Å². The van der Waals surface area contributed by atoms with E-state index >= 15 is 0 Å². The molecule has 1 unspecified atom stereocenters. The van der Waals surface area contributed by atoms with Gasteiger partial charge >= 0.3 is 5.97 Å². The van der Waals surface area contributed by atoms with Crippen molar-refractivity contribution < 1.29 is 19.4 Å². The van der Waals surface area contributed by atoms with Crippen LogP contribution < -0.4 is 10.1 Å². The summed E-state index contributed by atoms with van der Waals surface area (Å²) in [7, 11) is 0. The highest BCUT2D eigenvalue weighted by molar-refractivity contribution is 6.32. The minimum absolute atomic E-state index is 0.189. The Kier molecular flexibility index (Phi) is 4.85. The molecule has 1 aromatic carbocycles. The van der Waals surface area contributed by atoms with Crippen LogP contribution in [0.25, 0.3) is 6.08 Å². The lowest BCUT2D eigenvalue weighted by Crippen LogP contribution is -2.37. The Bertz CT molecular complexity index is 581. The molecule has 0 aliphatic heterocycles. The van der Waals surface area contributed by atoms with Gasteiger partial charge in [-0.1, -0.05) is 17.7 Å². The van der Waals surface area contributed by atoms with Crippen molar-refractivity contribution in [3.8, 4) is 5.75 Å². The number of nitrogens with one attached hydrogen (secondary N) is 1. The number of benzene rings is 1. The zero-order chi connectivity index (χ0) is 15.4. The van der Waals surface area contributed by atoms with E-state index in [1.54, 1.807) is 25.1 Å². The summed E-state index contributed by atoms with van der Waals surface area (Å²) in [6.07, 6.45) is 3.65. The second-order valence-corrected chi connectivity index (χ2v) is 5.27. The predicted octanol–water partition coefficient (Wildman–Crippen LogP) is 2.48. The molecule has 1 fully saturated rings. The Balaban J connectivity index is 2.12. The smallest absolute Gasteiger partial charge is 0.328 e. The summed E-state index contributed by atoms with van der Waals surface area (Å²) in [6.45, 7) is 1.64. The summed E-state index contributed by atoms with van der Waals surface area (Å²) in [6, 6.07) is 5.22. The van der Waals surface area contributed by atoms with Crippen molar-refractivity contribution in [3.05, 3.63) is 34.9 Å². The minimum atomic E-state index is -1.08. The topological polar surface area (TPSA) is 75.6 Å². The zero-order valence-corrected chi connectivity index (χ0v) is 12.3. The molecule has 2 N–H and O–H groups in total. The maximum Gasteiger partial charge on any atom is 0.328 e. The van der Waals surface area contributed by atoms with E-state index in [1.165, 1.54) is 6.08 Å². The average molecular weight is 310 g/mol. The molecular formula is C15H16ClNO4. The largest absolute Gasteiger partial charge is 0.480 e. The summed E-state index contributed by atoms with van der Waals surface area (Å²) in [4.78, 5) is 22.5. The lowest BCUT2D eigenvalue weighted by Gasteiger charge is -2.16. The van der Waals surface area contributed by atoms with Crippen LogP contribution in [0.5, 0.6) is 5.75 Å². The van der Waals surface area contributed by atoms with E-state index in [0.717, 1.165) is 18.9 Å². The molecule has 0 spiro atoms. The van der Waals surface area contributed by atoms with Crippen LogP contribution in [-0.2, 0) is 9.59 Å².